The molecule has 4 heteroatoms. The number of hydrogen-bond acceptors (Lipinski definition) is 4. The van der Waals surface area contributed by atoms with Crippen LogP contribution in [0.3, 0.4) is 0 Å². The minimum absolute atomic E-state index is 0.663. The van der Waals surface area contributed by atoms with Crippen LogP contribution in [0.5, 0.6) is 5.88 Å². The molecule has 0 aromatic carbocycles. The van der Waals surface area contributed by atoms with Crippen LogP contribution in [0.2, 0.25) is 0 Å². The molecule has 0 bridgehead atoms. The Labute approximate surface area is 116 Å². The van der Waals surface area contributed by atoms with Gasteiger partial charge < -0.3 is 10.1 Å². The second-order valence-electron chi connectivity index (χ2n) is 5.18. The Morgan fingerprint density at radius 1 is 1.47 bits per heavy atom. The Morgan fingerprint density at radius 3 is 2.95 bits per heavy atom. The summed E-state index contributed by atoms with van der Waals surface area (Å²) >= 11 is 0. The van der Waals surface area contributed by atoms with Crippen molar-refractivity contribution in [2.24, 2.45) is 0 Å². The van der Waals surface area contributed by atoms with Gasteiger partial charge in [-0.05, 0) is 37.9 Å². The molecule has 0 aliphatic carbocycles. The summed E-state index contributed by atoms with van der Waals surface area (Å²) in [4.78, 5) is 6.87. The van der Waals surface area contributed by atoms with Crippen molar-refractivity contribution in [1.82, 2.24) is 15.2 Å². The predicted octanol–water partition coefficient (Wildman–Crippen LogP) is 2.05. The summed E-state index contributed by atoms with van der Waals surface area (Å²) in [5.74, 6) is 0.685. The van der Waals surface area contributed by atoms with E-state index in [4.69, 9.17) is 4.74 Å². The topological polar surface area (TPSA) is 37.4 Å². The first-order valence-electron chi connectivity index (χ1n) is 7.27. The maximum absolute atomic E-state index is 5.10. The standard InChI is InChI=1S/C15H25N3O/c1-3-9-18(14-5-4-8-16-11-14)12-13-6-7-15(19-2)17-10-13/h6-7,10,14,16H,3-5,8-9,11-12H2,1-2H3. The second kappa shape index (κ2) is 7.46. The summed E-state index contributed by atoms with van der Waals surface area (Å²) in [6.45, 7) is 6.66. The van der Waals surface area contributed by atoms with E-state index in [0.29, 0.717) is 11.9 Å². The van der Waals surface area contributed by atoms with Crippen LogP contribution in [0.1, 0.15) is 31.7 Å². The molecule has 19 heavy (non-hydrogen) atoms. The number of aromatic nitrogens is 1. The fourth-order valence-corrected chi connectivity index (χ4v) is 2.68. The van der Waals surface area contributed by atoms with Gasteiger partial charge in [0, 0.05) is 31.4 Å². The lowest BCUT2D eigenvalue weighted by Crippen LogP contribution is -2.45. The number of piperidine rings is 1. The molecule has 0 saturated carbocycles. The van der Waals surface area contributed by atoms with E-state index in [1.165, 1.54) is 31.4 Å². The number of nitrogens with zero attached hydrogens (tertiary/aromatic N) is 2. The molecular weight excluding hydrogens is 238 g/mol. The molecule has 1 aliphatic rings. The summed E-state index contributed by atoms with van der Waals surface area (Å²) in [6, 6.07) is 4.72. The molecule has 1 saturated heterocycles. The van der Waals surface area contributed by atoms with Crippen molar-refractivity contribution >= 4 is 0 Å². The highest BCUT2D eigenvalue weighted by Crippen LogP contribution is 2.15. The van der Waals surface area contributed by atoms with Gasteiger partial charge >= 0.3 is 0 Å². The van der Waals surface area contributed by atoms with Gasteiger partial charge in [0.25, 0.3) is 0 Å². The number of hydrogen-bond donors (Lipinski definition) is 1. The van der Waals surface area contributed by atoms with Crippen molar-refractivity contribution in [1.29, 1.82) is 0 Å². The molecule has 2 heterocycles. The van der Waals surface area contributed by atoms with Crippen LogP contribution in [0.4, 0.5) is 0 Å². The Balaban J connectivity index is 1.97. The van der Waals surface area contributed by atoms with E-state index in [-0.39, 0.29) is 0 Å². The molecule has 0 amide bonds. The van der Waals surface area contributed by atoms with Crippen molar-refractivity contribution in [2.45, 2.75) is 38.8 Å². The van der Waals surface area contributed by atoms with Crippen LogP contribution < -0.4 is 10.1 Å². The van der Waals surface area contributed by atoms with Gasteiger partial charge in [0.05, 0.1) is 7.11 Å². The Hall–Kier alpha value is -1.13. The average Bonchev–Trinajstić information content (AvgIpc) is 2.48. The number of pyridine rings is 1. The first kappa shape index (κ1) is 14.3. The molecule has 1 aromatic rings. The van der Waals surface area contributed by atoms with E-state index in [9.17, 15) is 0 Å². The quantitative estimate of drug-likeness (QED) is 0.852. The second-order valence-corrected chi connectivity index (χ2v) is 5.18. The maximum Gasteiger partial charge on any atom is 0.212 e. The van der Waals surface area contributed by atoms with Gasteiger partial charge in [0.2, 0.25) is 5.88 Å². The van der Waals surface area contributed by atoms with Gasteiger partial charge in [-0.15, -0.1) is 0 Å². The van der Waals surface area contributed by atoms with E-state index >= 15 is 0 Å². The number of methoxy groups -OCH3 is 1. The van der Waals surface area contributed by atoms with Crippen molar-refractivity contribution < 1.29 is 4.74 Å². The van der Waals surface area contributed by atoms with Gasteiger partial charge in [-0.3, -0.25) is 4.90 Å². The third-order valence-electron chi connectivity index (χ3n) is 3.69. The third kappa shape index (κ3) is 4.18. The number of rotatable bonds is 6. The fraction of sp³-hybridized carbons (Fsp3) is 0.667. The molecule has 1 aliphatic heterocycles. The summed E-state index contributed by atoms with van der Waals surface area (Å²) in [7, 11) is 1.65. The van der Waals surface area contributed by atoms with Crippen molar-refractivity contribution in [2.75, 3.05) is 26.7 Å². The Morgan fingerprint density at radius 2 is 2.37 bits per heavy atom. The largest absolute Gasteiger partial charge is 0.481 e. The smallest absolute Gasteiger partial charge is 0.212 e. The van der Waals surface area contributed by atoms with Gasteiger partial charge in [0.1, 0.15) is 0 Å². The molecule has 2 rings (SSSR count). The Bertz CT molecular complexity index is 360. The SMILES string of the molecule is CCCN(Cc1ccc(OC)nc1)C1CCCNC1. The summed E-state index contributed by atoms with van der Waals surface area (Å²) in [5, 5.41) is 3.50. The van der Waals surface area contributed by atoms with Crippen LogP contribution in [-0.4, -0.2) is 42.7 Å². The zero-order valence-corrected chi connectivity index (χ0v) is 12.1. The molecule has 0 radical (unpaired) electrons. The molecule has 1 fully saturated rings. The minimum Gasteiger partial charge on any atom is -0.481 e. The van der Waals surface area contributed by atoms with E-state index in [2.05, 4.69) is 28.2 Å². The summed E-state index contributed by atoms with van der Waals surface area (Å²) < 4.78 is 5.10. The molecule has 0 spiro atoms. The van der Waals surface area contributed by atoms with Crippen LogP contribution in [0.25, 0.3) is 0 Å². The lowest BCUT2D eigenvalue weighted by Gasteiger charge is -2.34. The predicted molar refractivity (Wildman–Crippen MR) is 77.4 cm³/mol. The molecule has 4 nitrogen and oxygen atoms in total. The molecule has 106 valence electrons. The molecular formula is C15H25N3O. The molecule has 1 N–H and O–H groups in total. The van der Waals surface area contributed by atoms with Gasteiger partial charge in [-0.1, -0.05) is 13.0 Å². The molecule has 1 atom stereocenters. The van der Waals surface area contributed by atoms with Crippen LogP contribution in [0, 0.1) is 0 Å². The van der Waals surface area contributed by atoms with Crippen LogP contribution >= 0.6 is 0 Å². The van der Waals surface area contributed by atoms with Crippen LogP contribution in [-0.2, 0) is 6.54 Å². The van der Waals surface area contributed by atoms with Crippen LogP contribution in [0.15, 0.2) is 18.3 Å². The van der Waals surface area contributed by atoms with E-state index in [0.717, 1.165) is 19.6 Å². The monoisotopic (exact) mass is 263 g/mol. The van der Waals surface area contributed by atoms with Gasteiger partial charge in [-0.25, -0.2) is 4.98 Å². The number of ether oxygens (including phenoxy) is 1. The first-order valence-corrected chi connectivity index (χ1v) is 7.27. The summed E-state index contributed by atoms with van der Waals surface area (Å²) in [5.41, 5.74) is 1.26. The first-order chi connectivity index (χ1) is 9.33. The third-order valence-corrected chi connectivity index (χ3v) is 3.69. The summed E-state index contributed by atoms with van der Waals surface area (Å²) in [6.07, 6.45) is 5.71. The normalized spacial score (nSPS) is 19.6. The zero-order chi connectivity index (χ0) is 13.5. The van der Waals surface area contributed by atoms with Crippen molar-refractivity contribution in [3.8, 4) is 5.88 Å². The average molecular weight is 263 g/mol. The Kier molecular flexibility index (Phi) is 5.61. The highest BCUT2D eigenvalue weighted by molar-refractivity contribution is 5.17. The van der Waals surface area contributed by atoms with E-state index < -0.39 is 0 Å². The highest BCUT2D eigenvalue weighted by atomic mass is 16.5. The van der Waals surface area contributed by atoms with Crippen molar-refractivity contribution in [3.05, 3.63) is 23.9 Å². The number of nitrogens with one attached hydrogen (secondary N) is 1. The lowest BCUT2D eigenvalue weighted by atomic mass is 10.0. The lowest BCUT2D eigenvalue weighted by molar-refractivity contribution is 0.158. The maximum atomic E-state index is 5.10. The fourth-order valence-electron chi connectivity index (χ4n) is 2.68. The zero-order valence-electron chi connectivity index (χ0n) is 12.1. The van der Waals surface area contributed by atoms with Gasteiger partial charge in [-0.2, -0.15) is 0 Å². The van der Waals surface area contributed by atoms with Gasteiger partial charge in [0.15, 0.2) is 0 Å². The van der Waals surface area contributed by atoms with E-state index in [1.807, 2.05) is 12.3 Å². The highest BCUT2D eigenvalue weighted by Gasteiger charge is 2.20. The van der Waals surface area contributed by atoms with Crippen molar-refractivity contribution in [3.63, 3.8) is 0 Å². The molecule has 1 unspecified atom stereocenters. The molecule has 1 aromatic heterocycles. The van der Waals surface area contributed by atoms with E-state index in [1.54, 1.807) is 7.11 Å². The minimum atomic E-state index is 0.663.